The Bertz CT molecular complexity index is 465. The lowest BCUT2D eigenvalue weighted by atomic mass is 10.2. The molecule has 0 aliphatic carbocycles. The van der Waals surface area contributed by atoms with Crippen molar-refractivity contribution in [2.75, 3.05) is 14.2 Å². The fourth-order valence-corrected chi connectivity index (χ4v) is 1.43. The summed E-state index contributed by atoms with van der Waals surface area (Å²) in [6.45, 7) is 1.80. The number of benzene rings is 1. The summed E-state index contributed by atoms with van der Waals surface area (Å²) < 4.78 is 15.3. The summed E-state index contributed by atoms with van der Waals surface area (Å²) in [5.74, 6) is 0.453. The highest BCUT2D eigenvalue weighted by atomic mass is 16.5. The van der Waals surface area contributed by atoms with Crippen molar-refractivity contribution in [2.45, 2.75) is 19.4 Å². The highest BCUT2D eigenvalue weighted by Gasteiger charge is 2.14. The summed E-state index contributed by atoms with van der Waals surface area (Å²) in [5, 5.41) is 8.55. The third-order valence-corrected chi connectivity index (χ3v) is 2.29. The van der Waals surface area contributed by atoms with Gasteiger partial charge in [-0.25, -0.2) is 4.79 Å². The number of nitrogens with zero attached hydrogens (tertiary/aromatic N) is 1. The monoisotopic (exact) mass is 249 g/mol. The molecule has 0 aliphatic heterocycles. The van der Waals surface area contributed by atoms with E-state index in [0.717, 1.165) is 0 Å². The quantitative estimate of drug-likeness (QED) is 0.748. The van der Waals surface area contributed by atoms with E-state index in [9.17, 15) is 4.79 Å². The molecule has 0 amide bonds. The number of carbonyl (C=O) groups is 1. The number of methoxy groups -OCH3 is 2. The van der Waals surface area contributed by atoms with Crippen LogP contribution in [0.2, 0.25) is 0 Å². The zero-order valence-corrected chi connectivity index (χ0v) is 10.6. The Morgan fingerprint density at radius 3 is 2.72 bits per heavy atom. The summed E-state index contributed by atoms with van der Waals surface area (Å²) in [6, 6.07) is 6.83. The van der Waals surface area contributed by atoms with Crippen molar-refractivity contribution >= 4 is 5.97 Å². The van der Waals surface area contributed by atoms with E-state index in [1.165, 1.54) is 14.2 Å². The molecule has 1 unspecified atom stereocenters. The van der Waals surface area contributed by atoms with Gasteiger partial charge in [-0.1, -0.05) is 0 Å². The van der Waals surface area contributed by atoms with Gasteiger partial charge >= 0.3 is 5.97 Å². The maximum Gasteiger partial charge on any atom is 0.341 e. The number of hydrogen-bond donors (Lipinski definition) is 0. The van der Waals surface area contributed by atoms with Crippen molar-refractivity contribution in [3.05, 3.63) is 23.8 Å². The number of hydrogen-bond acceptors (Lipinski definition) is 5. The number of ether oxygens (including phenoxy) is 3. The molecule has 5 heteroatoms. The van der Waals surface area contributed by atoms with Gasteiger partial charge in [0.15, 0.2) is 0 Å². The van der Waals surface area contributed by atoms with Crippen molar-refractivity contribution in [3.63, 3.8) is 0 Å². The van der Waals surface area contributed by atoms with Crippen LogP contribution in [0.25, 0.3) is 0 Å². The summed E-state index contributed by atoms with van der Waals surface area (Å²) in [4.78, 5) is 11.4. The first-order valence-electron chi connectivity index (χ1n) is 5.42. The van der Waals surface area contributed by atoms with Gasteiger partial charge in [-0.3, -0.25) is 0 Å². The highest BCUT2D eigenvalue weighted by Crippen LogP contribution is 2.26. The Morgan fingerprint density at radius 2 is 2.17 bits per heavy atom. The minimum atomic E-state index is -0.469. The molecule has 1 rings (SSSR count). The lowest BCUT2D eigenvalue weighted by Gasteiger charge is -2.13. The van der Waals surface area contributed by atoms with Crippen LogP contribution in [-0.2, 0) is 4.74 Å². The molecule has 0 saturated heterocycles. The molecule has 0 radical (unpaired) electrons. The van der Waals surface area contributed by atoms with Gasteiger partial charge in [0, 0.05) is 6.07 Å². The van der Waals surface area contributed by atoms with Gasteiger partial charge in [-0.2, -0.15) is 5.26 Å². The lowest BCUT2D eigenvalue weighted by Crippen LogP contribution is -2.11. The zero-order chi connectivity index (χ0) is 13.5. The maximum absolute atomic E-state index is 11.4. The topological polar surface area (TPSA) is 68.5 Å². The summed E-state index contributed by atoms with van der Waals surface area (Å²) in [6.07, 6.45) is 0.0739. The van der Waals surface area contributed by atoms with E-state index in [4.69, 9.17) is 14.7 Å². The Labute approximate surface area is 106 Å². The van der Waals surface area contributed by atoms with Crippen LogP contribution in [0.4, 0.5) is 0 Å². The lowest BCUT2D eigenvalue weighted by molar-refractivity contribution is 0.0597. The standard InChI is InChI=1S/C13H15NO4/c1-9(6-7-14)18-10-4-5-11(13(15)17-3)12(8-10)16-2/h4-5,8-9H,6H2,1-3H3. The van der Waals surface area contributed by atoms with Gasteiger partial charge < -0.3 is 14.2 Å². The SMILES string of the molecule is COC(=O)c1ccc(OC(C)CC#N)cc1OC. The Kier molecular flexibility index (Phi) is 5.00. The number of rotatable bonds is 5. The first kappa shape index (κ1) is 13.8. The van der Waals surface area contributed by atoms with Crippen LogP contribution < -0.4 is 9.47 Å². The summed E-state index contributed by atoms with van der Waals surface area (Å²) in [7, 11) is 2.77. The molecule has 0 spiro atoms. The van der Waals surface area contributed by atoms with Crippen molar-refractivity contribution < 1.29 is 19.0 Å². The van der Waals surface area contributed by atoms with Gasteiger partial charge in [0.2, 0.25) is 0 Å². The first-order valence-corrected chi connectivity index (χ1v) is 5.42. The van der Waals surface area contributed by atoms with E-state index >= 15 is 0 Å². The van der Waals surface area contributed by atoms with Crippen LogP contribution in [0, 0.1) is 11.3 Å². The van der Waals surface area contributed by atoms with E-state index in [0.29, 0.717) is 23.5 Å². The van der Waals surface area contributed by atoms with E-state index in [1.54, 1.807) is 25.1 Å². The van der Waals surface area contributed by atoms with Crippen LogP contribution in [0.15, 0.2) is 18.2 Å². The molecule has 96 valence electrons. The molecule has 18 heavy (non-hydrogen) atoms. The summed E-state index contributed by atoms with van der Waals surface area (Å²) in [5.41, 5.74) is 0.334. The Balaban J connectivity index is 2.92. The molecule has 0 N–H and O–H groups in total. The van der Waals surface area contributed by atoms with E-state index < -0.39 is 5.97 Å². The van der Waals surface area contributed by atoms with Crippen LogP contribution in [0.3, 0.4) is 0 Å². The second-order valence-electron chi connectivity index (χ2n) is 3.64. The third-order valence-electron chi connectivity index (χ3n) is 2.29. The smallest absolute Gasteiger partial charge is 0.341 e. The maximum atomic E-state index is 11.4. The van der Waals surface area contributed by atoms with Gasteiger partial charge in [0.25, 0.3) is 0 Å². The third kappa shape index (κ3) is 3.39. The molecule has 0 saturated carbocycles. The predicted molar refractivity (Wildman–Crippen MR) is 64.7 cm³/mol. The molecular formula is C13H15NO4. The summed E-state index contributed by atoms with van der Waals surface area (Å²) >= 11 is 0. The fourth-order valence-electron chi connectivity index (χ4n) is 1.43. The minimum absolute atomic E-state index is 0.219. The molecule has 0 aliphatic rings. The van der Waals surface area contributed by atoms with Gasteiger partial charge in [0.05, 0.1) is 26.7 Å². The molecule has 0 aromatic heterocycles. The van der Waals surface area contributed by atoms with Crippen LogP contribution in [-0.4, -0.2) is 26.3 Å². The average molecular weight is 249 g/mol. The zero-order valence-electron chi connectivity index (χ0n) is 10.6. The molecular weight excluding hydrogens is 234 g/mol. The Hall–Kier alpha value is -2.22. The van der Waals surface area contributed by atoms with Crippen molar-refractivity contribution in [3.8, 4) is 17.6 Å². The molecule has 0 heterocycles. The molecule has 5 nitrogen and oxygen atoms in total. The normalized spacial score (nSPS) is 11.2. The highest BCUT2D eigenvalue weighted by molar-refractivity contribution is 5.92. The predicted octanol–water partition coefficient (Wildman–Crippen LogP) is 2.16. The van der Waals surface area contributed by atoms with Gasteiger partial charge in [0.1, 0.15) is 23.2 Å². The molecule has 1 aromatic carbocycles. The van der Waals surface area contributed by atoms with E-state index in [2.05, 4.69) is 4.74 Å². The molecule has 1 aromatic rings. The van der Waals surface area contributed by atoms with Gasteiger partial charge in [-0.15, -0.1) is 0 Å². The van der Waals surface area contributed by atoms with E-state index in [1.807, 2.05) is 6.07 Å². The first-order chi connectivity index (χ1) is 8.62. The largest absolute Gasteiger partial charge is 0.496 e. The number of esters is 1. The van der Waals surface area contributed by atoms with Crippen molar-refractivity contribution in [1.29, 1.82) is 5.26 Å². The van der Waals surface area contributed by atoms with Crippen molar-refractivity contribution in [2.24, 2.45) is 0 Å². The Morgan fingerprint density at radius 1 is 1.44 bits per heavy atom. The van der Waals surface area contributed by atoms with Gasteiger partial charge in [-0.05, 0) is 19.1 Å². The average Bonchev–Trinajstić information content (AvgIpc) is 2.38. The number of carbonyl (C=O) groups excluding carboxylic acids is 1. The second kappa shape index (κ2) is 6.50. The molecule has 1 atom stereocenters. The minimum Gasteiger partial charge on any atom is -0.496 e. The van der Waals surface area contributed by atoms with Crippen LogP contribution in [0.5, 0.6) is 11.5 Å². The van der Waals surface area contributed by atoms with E-state index in [-0.39, 0.29) is 6.10 Å². The fraction of sp³-hybridized carbons (Fsp3) is 0.385. The van der Waals surface area contributed by atoms with Crippen molar-refractivity contribution in [1.82, 2.24) is 0 Å². The van der Waals surface area contributed by atoms with Crippen LogP contribution in [0.1, 0.15) is 23.7 Å². The van der Waals surface area contributed by atoms with Crippen LogP contribution >= 0.6 is 0 Å². The second-order valence-corrected chi connectivity index (χ2v) is 3.64. The molecule has 0 fully saturated rings. The number of nitriles is 1. The molecule has 0 bridgehead atoms.